The molecule has 0 radical (unpaired) electrons. The van der Waals surface area contributed by atoms with E-state index in [1.807, 2.05) is 6.92 Å². The van der Waals surface area contributed by atoms with Gasteiger partial charge in [0.25, 0.3) is 0 Å². The van der Waals surface area contributed by atoms with Crippen LogP contribution in [0.4, 0.5) is 15.8 Å². The van der Waals surface area contributed by atoms with E-state index in [1.54, 1.807) is 20.2 Å². The van der Waals surface area contributed by atoms with Crippen LogP contribution in [0.15, 0.2) is 21.2 Å². The van der Waals surface area contributed by atoms with Gasteiger partial charge >= 0.3 is 0 Å². The van der Waals surface area contributed by atoms with Gasteiger partial charge in [-0.05, 0) is 58.5 Å². The fourth-order valence-electron chi connectivity index (χ4n) is 2.62. The highest BCUT2D eigenvalue weighted by atomic mass is 79.9. The molecule has 1 aliphatic carbocycles. The quantitative estimate of drug-likeness (QED) is 0.629. The minimum atomic E-state index is -0.293. The van der Waals surface area contributed by atoms with Gasteiger partial charge in [-0.3, -0.25) is 4.98 Å². The zero-order valence-electron chi connectivity index (χ0n) is 13.1. The summed E-state index contributed by atoms with van der Waals surface area (Å²) in [6.45, 7) is 3.67. The summed E-state index contributed by atoms with van der Waals surface area (Å²) in [4.78, 5) is 4.51. The predicted octanol–water partition coefficient (Wildman–Crippen LogP) is 5.99. The average molecular weight is 444 g/mol. The molecule has 23 heavy (non-hydrogen) atoms. The summed E-state index contributed by atoms with van der Waals surface area (Å²) >= 11 is 7.18. The molecule has 0 saturated heterocycles. The third-order valence-electron chi connectivity index (χ3n) is 4.17. The second-order valence-electron chi connectivity index (χ2n) is 5.77. The molecule has 3 rings (SSSR count). The van der Waals surface area contributed by atoms with Gasteiger partial charge in [0.2, 0.25) is 0 Å². The number of nitrogens with zero attached hydrogens (tertiary/aromatic N) is 1. The smallest absolute Gasteiger partial charge is 0.131 e. The Morgan fingerprint density at radius 2 is 1.91 bits per heavy atom. The summed E-state index contributed by atoms with van der Waals surface area (Å²) < 4.78 is 21.2. The van der Waals surface area contributed by atoms with Crippen molar-refractivity contribution in [2.45, 2.75) is 32.6 Å². The van der Waals surface area contributed by atoms with Crippen molar-refractivity contribution in [1.82, 2.24) is 4.98 Å². The summed E-state index contributed by atoms with van der Waals surface area (Å²) in [7, 11) is 1.55. The first kappa shape index (κ1) is 16.7. The molecular formula is C17H17Br2FN2O. The van der Waals surface area contributed by atoms with E-state index in [4.69, 9.17) is 4.74 Å². The van der Waals surface area contributed by atoms with Gasteiger partial charge in [-0.15, -0.1) is 0 Å². The maximum Gasteiger partial charge on any atom is 0.131 e. The van der Waals surface area contributed by atoms with Gasteiger partial charge in [0, 0.05) is 29.3 Å². The van der Waals surface area contributed by atoms with Crippen LogP contribution in [0.1, 0.15) is 35.6 Å². The number of pyridine rings is 1. The molecule has 0 bridgehead atoms. The Bertz CT molecular complexity index is 776. The minimum absolute atomic E-state index is 0.293. The standard InChI is InChI=1S/C17H17Br2FN2O/c1-8-12(20)6-13(23-3)9(2)15(8)22-17-11(18)7-21-16(14(17)19)10-4-5-10/h6-7,10H,4-5H2,1-3H3,(H,21,22). The molecule has 1 fully saturated rings. The van der Waals surface area contributed by atoms with Gasteiger partial charge in [0.15, 0.2) is 0 Å². The van der Waals surface area contributed by atoms with Crippen LogP contribution in [-0.4, -0.2) is 12.1 Å². The van der Waals surface area contributed by atoms with Crippen molar-refractivity contribution in [2.75, 3.05) is 12.4 Å². The monoisotopic (exact) mass is 442 g/mol. The molecule has 1 heterocycles. The SMILES string of the molecule is COc1cc(F)c(C)c(Nc2c(Br)cnc(C3CC3)c2Br)c1C. The van der Waals surface area contributed by atoms with E-state index in [-0.39, 0.29) is 5.82 Å². The third-order valence-corrected chi connectivity index (χ3v) is 5.57. The van der Waals surface area contributed by atoms with E-state index < -0.39 is 0 Å². The minimum Gasteiger partial charge on any atom is -0.496 e. The second-order valence-corrected chi connectivity index (χ2v) is 7.41. The first-order valence-electron chi connectivity index (χ1n) is 7.38. The maximum atomic E-state index is 14.2. The van der Waals surface area contributed by atoms with Crippen molar-refractivity contribution < 1.29 is 9.13 Å². The van der Waals surface area contributed by atoms with Crippen molar-refractivity contribution in [3.05, 3.63) is 43.8 Å². The molecule has 0 amide bonds. The number of hydrogen-bond donors (Lipinski definition) is 1. The zero-order valence-corrected chi connectivity index (χ0v) is 16.3. The molecule has 122 valence electrons. The van der Waals surface area contributed by atoms with Crippen LogP contribution in [0, 0.1) is 19.7 Å². The highest BCUT2D eigenvalue weighted by Crippen LogP contribution is 2.46. The molecule has 1 saturated carbocycles. The van der Waals surface area contributed by atoms with Crippen LogP contribution in [0.3, 0.4) is 0 Å². The van der Waals surface area contributed by atoms with Crippen LogP contribution in [0.2, 0.25) is 0 Å². The fourth-order valence-corrected chi connectivity index (χ4v) is 4.02. The van der Waals surface area contributed by atoms with Crippen molar-refractivity contribution in [3.63, 3.8) is 0 Å². The van der Waals surface area contributed by atoms with Gasteiger partial charge < -0.3 is 10.1 Å². The lowest BCUT2D eigenvalue weighted by Crippen LogP contribution is -2.04. The van der Waals surface area contributed by atoms with Crippen LogP contribution < -0.4 is 10.1 Å². The number of hydrogen-bond acceptors (Lipinski definition) is 3. The number of aromatic nitrogens is 1. The third kappa shape index (κ3) is 3.11. The Morgan fingerprint density at radius 1 is 1.22 bits per heavy atom. The number of ether oxygens (including phenoxy) is 1. The normalized spacial score (nSPS) is 14.0. The second kappa shape index (κ2) is 6.40. The Hall–Kier alpha value is -1.14. The molecular weight excluding hydrogens is 427 g/mol. The summed E-state index contributed by atoms with van der Waals surface area (Å²) in [5, 5.41) is 3.36. The summed E-state index contributed by atoms with van der Waals surface area (Å²) in [5.41, 5.74) is 4.06. The first-order chi connectivity index (χ1) is 10.9. The molecule has 1 N–H and O–H groups in total. The van der Waals surface area contributed by atoms with Gasteiger partial charge in [0.05, 0.1) is 33.1 Å². The van der Waals surface area contributed by atoms with Crippen molar-refractivity contribution in [3.8, 4) is 5.75 Å². The molecule has 0 atom stereocenters. The van der Waals surface area contributed by atoms with E-state index in [2.05, 4.69) is 42.2 Å². The number of benzene rings is 1. The molecule has 2 aromatic rings. The lowest BCUT2D eigenvalue weighted by atomic mass is 10.1. The highest BCUT2D eigenvalue weighted by Gasteiger charge is 2.29. The van der Waals surface area contributed by atoms with Gasteiger partial charge in [0.1, 0.15) is 11.6 Å². The van der Waals surface area contributed by atoms with E-state index in [0.29, 0.717) is 17.2 Å². The predicted molar refractivity (Wildman–Crippen MR) is 97.3 cm³/mol. The molecule has 1 aromatic carbocycles. The molecule has 3 nitrogen and oxygen atoms in total. The Balaban J connectivity index is 2.09. The molecule has 0 spiro atoms. The van der Waals surface area contributed by atoms with Crippen molar-refractivity contribution in [2.24, 2.45) is 0 Å². The summed E-state index contributed by atoms with van der Waals surface area (Å²) in [6, 6.07) is 1.42. The van der Waals surface area contributed by atoms with Crippen LogP contribution in [0.5, 0.6) is 5.75 Å². The summed E-state index contributed by atoms with van der Waals surface area (Å²) in [6.07, 6.45) is 4.12. The van der Waals surface area contributed by atoms with Crippen molar-refractivity contribution in [1.29, 1.82) is 0 Å². The number of nitrogens with one attached hydrogen (secondary N) is 1. The van der Waals surface area contributed by atoms with Crippen molar-refractivity contribution >= 4 is 43.2 Å². The highest BCUT2D eigenvalue weighted by molar-refractivity contribution is 9.11. The molecule has 1 aliphatic rings. The average Bonchev–Trinajstić information content (AvgIpc) is 3.35. The van der Waals surface area contributed by atoms with Gasteiger partial charge in [-0.1, -0.05) is 0 Å². The van der Waals surface area contributed by atoms with E-state index in [0.717, 1.165) is 31.6 Å². The van der Waals surface area contributed by atoms with Crippen LogP contribution in [-0.2, 0) is 0 Å². The van der Waals surface area contributed by atoms with Crippen LogP contribution in [0.25, 0.3) is 0 Å². The molecule has 6 heteroatoms. The Morgan fingerprint density at radius 3 is 2.52 bits per heavy atom. The van der Waals surface area contributed by atoms with Gasteiger partial charge in [-0.2, -0.15) is 0 Å². The zero-order chi connectivity index (χ0) is 16.7. The lowest BCUT2D eigenvalue weighted by Gasteiger charge is -2.19. The maximum absolute atomic E-state index is 14.2. The largest absolute Gasteiger partial charge is 0.496 e. The van der Waals surface area contributed by atoms with Crippen LogP contribution >= 0.6 is 31.9 Å². The Labute approximate surface area is 151 Å². The van der Waals surface area contributed by atoms with E-state index in [1.165, 1.54) is 18.9 Å². The molecule has 0 aliphatic heterocycles. The lowest BCUT2D eigenvalue weighted by molar-refractivity contribution is 0.408. The molecule has 1 aromatic heterocycles. The summed E-state index contributed by atoms with van der Waals surface area (Å²) in [5.74, 6) is 0.750. The first-order valence-corrected chi connectivity index (χ1v) is 8.97. The fraction of sp³-hybridized carbons (Fsp3) is 0.353. The Kier molecular flexibility index (Phi) is 4.65. The van der Waals surface area contributed by atoms with E-state index in [9.17, 15) is 4.39 Å². The van der Waals surface area contributed by atoms with Gasteiger partial charge in [-0.25, -0.2) is 4.39 Å². The molecule has 0 unspecified atom stereocenters. The number of halogens is 3. The topological polar surface area (TPSA) is 34.1 Å². The number of rotatable bonds is 4. The number of methoxy groups -OCH3 is 1. The van der Waals surface area contributed by atoms with E-state index >= 15 is 0 Å². The number of anilines is 2.